The summed E-state index contributed by atoms with van der Waals surface area (Å²) in [6, 6.07) is 9.54. The van der Waals surface area contributed by atoms with Gasteiger partial charge in [0.05, 0.1) is 12.2 Å². The van der Waals surface area contributed by atoms with E-state index >= 15 is 0 Å². The number of amides is 3. The van der Waals surface area contributed by atoms with Gasteiger partial charge >= 0.3 is 12.1 Å². The third-order valence-electron chi connectivity index (χ3n) is 7.82. The van der Waals surface area contributed by atoms with E-state index in [-0.39, 0.29) is 30.3 Å². The molecule has 1 aliphatic carbocycles. The zero-order valence-electron chi connectivity index (χ0n) is 23.1. The van der Waals surface area contributed by atoms with E-state index in [9.17, 15) is 31.9 Å². The molecule has 2 aliphatic rings. The molecule has 12 heteroatoms. The molecule has 2 fully saturated rings. The zero-order chi connectivity index (χ0) is 30.0. The van der Waals surface area contributed by atoms with Crippen molar-refractivity contribution in [2.45, 2.75) is 56.9 Å². The van der Waals surface area contributed by atoms with Gasteiger partial charge in [0.1, 0.15) is 5.82 Å². The number of carbonyl (C=O) groups excluding carboxylic acids is 3. The van der Waals surface area contributed by atoms with Crippen LogP contribution in [0.4, 0.5) is 17.6 Å². The predicted molar refractivity (Wildman–Crippen MR) is 146 cm³/mol. The van der Waals surface area contributed by atoms with Gasteiger partial charge in [-0.25, -0.2) is 4.39 Å². The minimum Gasteiger partial charge on any atom is -0.383 e. The lowest BCUT2D eigenvalue weighted by atomic mass is 9.88. The SMILES string of the molecule is COCCn1cc(C(=O)N2CCC(c3cc(CNC(=O)C(F)(F)F)ccc3F)CC2)c2c(C(=O)NC3CC3)cccc21. The maximum atomic E-state index is 14.8. The largest absolute Gasteiger partial charge is 0.471 e. The highest BCUT2D eigenvalue weighted by molar-refractivity contribution is 6.15. The number of piperidine rings is 1. The fourth-order valence-electron chi connectivity index (χ4n) is 5.43. The zero-order valence-corrected chi connectivity index (χ0v) is 23.1. The van der Waals surface area contributed by atoms with Crippen molar-refractivity contribution >= 4 is 28.6 Å². The topological polar surface area (TPSA) is 92.7 Å². The molecule has 1 aromatic heterocycles. The molecule has 42 heavy (non-hydrogen) atoms. The minimum atomic E-state index is -5.00. The number of hydrogen-bond acceptors (Lipinski definition) is 4. The van der Waals surface area contributed by atoms with Crippen LogP contribution in [0, 0.1) is 5.82 Å². The average Bonchev–Trinajstić information content (AvgIpc) is 3.72. The van der Waals surface area contributed by atoms with E-state index in [4.69, 9.17) is 4.74 Å². The number of likely N-dealkylation sites (tertiary alicyclic amines) is 1. The molecule has 224 valence electrons. The average molecular weight is 589 g/mol. The Hall–Kier alpha value is -3.93. The van der Waals surface area contributed by atoms with Crippen LogP contribution in [-0.2, 0) is 22.6 Å². The van der Waals surface area contributed by atoms with Crippen LogP contribution in [0.5, 0.6) is 0 Å². The standard InChI is InChI=1S/C30H32F4N4O4/c1-42-14-13-38-17-23(26-21(3-2-4-25(26)38)27(39)36-20-6-7-20)28(40)37-11-9-19(10-12-37)22-15-18(5-8-24(22)31)16-35-29(41)30(32,33)34/h2-5,8,15,17,19-20H,6-7,9-14,16H2,1H3,(H,35,41)(H,36,39). The number of halogens is 4. The van der Waals surface area contributed by atoms with Crippen LogP contribution >= 0.6 is 0 Å². The van der Waals surface area contributed by atoms with E-state index in [1.165, 1.54) is 18.2 Å². The Labute approximate surface area is 240 Å². The van der Waals surface area contributed by atoms with Crippen LogP contribution in [0.2, 0.25) is 0 Å². The molecule has 1 saturated heterocycles. The molecule has 8 nitrogen and oxygen atoms in total. The smallest absolute Gasteiger partial charge is 0.383 e. The third-order valence-corrected chi connectivity index (χ3v) is 7.82. The fraction of sp³-hybridized carbons (Fsp3) is 0.433. The number of fused-ring (bicyclic) bond motifs is 1. The summed E-state index contributed by atoms with van der Waals surface area (Å²) in [5.41, 5.74) is 2.30. The van der Waals surface area contributed by atoms with Gasteiger partial charge in [-0.05, 0) is 60.9 Å². The highest BCUT2D eigenvalue weighted by atomic mass is 19.4. The van der Waals surface area contributed by atoms with Crippen LogP contribution in [0.1, 0.15) is 63.4 Å². The number of nitrogens with zero attached hydrogens (tertiary/aromatic N) is 2. The summed E-state index contributed by atoms with van der Waals surface area (Å²) in [6.45, 7) is 1.20. The number of benzene rings is 2. The van der Waals surface area contributed by atoms with E-state index in [0.29, 0.717) is 66.7 Å². The molecule has 1 aliphatic heterocycles. The van der Waals surface area contributed by atoms with Gasteiger partial charge in [0.2, 0.25) is 0 Å². The van der Waals surface area contributed by atoms with Crippen molar-refractivity contribution in [3.63, 3.8) is 0 Å². The molecule has 0 spiro atoms. The number of carbonyl (C=O) groups is 3. The number of ether oxygens (including phenoxy) is 1. The van der Waals surface area contributed by atoms with Crippen molar-refractivity contribution in [3.8, 4) is 0 Å². The van der Waals surface area contributed by atoms with Crippen LogP contribution in [0.15, 0.2) is 42.6 Å². The van der Waals surface area contributed by atoms with Gasteiger partial charge < -0.3 is 24.8 Å². The Morgan fingerprint density at radius 3 is 2.43 bits per heavy atom. The molecular formula is C30H32F4N4O4. The molecule has 0 radical (unpaired) electrons. The van der Waals surface area contributed by atoms with Crippen LogP contribution in [0.3, 0.4) is 0 Å². The van der Waals surface area contributed by atoms with Gasteiger partial charge in [0.15, 0.2) is 0 Å². The summed E-state index contributed by atoms with van der Waals surface area (Å²) in [4.78, 5) is 39.8. The fourth-order valence-corrected chi connectivity index (χ4v) is 5.43. The number of aromatic nitrogens is 1. The maximum absolute atomic E-state index is 14.8. The van der Waals surface area contributed by atoms with Crippen molar-refractivity contribution in [2.24, 2.45) is 0 Å². The van der Waals surface area contributed by atoms with Gasteiger partial charge in [-0.15, -0.1) is 0 Å². The highest BCUT2D eigenvalue weighted by Gasteiger charge is 2.38. The Balaban J connectivity index is 1.33. The Morgan fingerprint density at radius 1 is 1.02 bits per heavy atom. The molecule has 0 bridgehead atoms. The monoisotopic (exact) mass is 588 g/mol. The number of methoxy groups -OCH3 is 1. The first-order chi connectivity index (χ1) is 20.1. The van der Waals surface area contributed by atoms with E-state index in [2.05, 4.69) is 5.32 Å². The molecule has 5 rings (SSSR count). The summed E-state index contributed by atoms with van der Waals surface area (Å²) in [5.74, 6) is -3.25. The van der Waals surface area contributed by atoms with Crippen LogP contribution < -0.4 is 10.6 Å². The Kier molecular flexibility index (Phi) is 8.53. The van der Waals surface area contributed by atoms with Gasteiger partial charge in [-0.3, -0.25) is 14.4 Å². The first-order valence-corrected chi connectivity index (χ1v) is 13.9. The van der Waals surface area contributed by atoms with Crippen molar-refractivity contribution < 1.29 is 36.7 Å². The van der Waals surface area contributed by atoms with Gasteiger partial charge in [0, 0.05) is 62.0 Å². The summed E-state index contributed by atoms with van der Waals surface area (Å²) in [6.07, 6.45) is -0.493. The van der Waals surface area contributed by atoms with E-state index in [1.54, 1.807) is 35.7 Å². The van der Waals surface area contributed by atoms with Crippen molar-refractivity contribution in [1.82, 2.24) is 20.1 Å². The van der Waals surface area contributed by atoms with Crippen LogP contribution in [-0.4, -0.2) is 66.2 Å². The molecule has 3 aromatic rings. The minimum absolute atomic E-state index is 0.154. The van der Waals surface area contributed by atoms with Gasteiger partial charge in [-0.2, -0.15) is 13.2 Å². The van der Waals surface area contributed by atoms with Crippen LogP contribution in [0.25, 0.3) is 10.9 Å². The number of rotatable bonds is 9. The lowest BCUT2D eigenvalue weighted by Gasteiger charge is -2.32. The summed E-state index contributed by atoms with van der Waals surface area (Å²) in [5, 5.41) is 5.39. The Morgan fingerprint density at radius 2 is 1.76 bits per heavy atom. The molecule has 2 aromatic carbocycles. The molecule has 3 amide bonds. The van der Waals surface area contributed by atoms with E-state index < -0.39 is 17.9 Å². The lowest BCUT2D eigenvalue weighted by Crippen LogP contribution is -2.38. The number of alkyl halides is 3. The van der Waals surface area contributed by atoms with Crippen molar-refractivity contribution in [1.29, 1.82) is 0 Å². The first kappa shape index (κ1) is 29.6. The summed E-state index contributed by atoms with van der Waals surface area (Å²) >= 11 is 0. The normalized spacial score (nSPS) is 16.1. The van der Waals surface area contributed by atoms with Gasteiger partial charge in [-0.1, -0.05) is 18.2 Å². The summed E-state index contributed by atoms with van der Waals surface area (Å²) in [7, 11) is 1.59. The van der Waals surface area contributed by atoms with Crippen molar-refractivity contribution in [2.75, 3.05) is 26.8 Å². The molecule has 2 N–H and O–H groups in total. The summed E-state index contributed by atoms with van der Waals surface area (Å²) < 4.78 is 59.5. The second-order valence-electron chi connectivity index (χ2n) is 10.8. The Bertz CT molecular complexity index is 1490. The number of nitrogens with one attached hydrogen (secondary N) is 2. The van der Waals surface area contributed by atoms with Crippen molar-refractivity contribution in [3.05, 3.63) is 70.7 Å². The molecule has 2 heterocycles. The molecule has 0 atom stereocenters. The number of hydrogen-bond donors (Lipinski definition) is 2. The van der Waals surface area contributed by atoms with E-state index in [1.807, 2.05) is 10.6 Å². The maximum Gasteiger partial charge on any atom is 0.471 e. The first-order valence-electron chi connectivity index (χ1n) is 13.9. The molecule has 0 unspecified atom stereocenters. The molecular weight excluding hydrogens is 556 g/mol. The molecule has 1 saturated carbocycles. The highest BCUT2D eigenvalue weighted by Crippen LogP contribution is 2.33. The van der Waals surface area contributed by atoms with Gasteiger partial charge in [0.25, 0.3) is 11.8 Å². The quantitative estimate of drug-likeness (QED) is 0.360. The predicted octanol–water partition coefficient (Wildman–Crippen LogP) is 4.52. The third kappa shape index (κ3) is 6.43. The second kappa shape index (κ2) is 12.1. The lowest BCUT2D eigenvalue weighted by molar-refractivity contribution is -0.173. The second-order valence-corrected chi connectivity index (χ2v) is 10.8. The van der Waals surface area contributed by atoms with E-state index in [0.717, 1.165) is 18.4 Å².